The van der Waals surface area contributed by atoms with Gasteiger partial charge in [-0.25, -0.2) is 0 Å². The summed E-state index contributed by atoms with van der Waals surface area (Å²) in [6, 6.07) is 16.1. The molecular formula is C19H18NO5-. The molecule has 0 aliphatic rings. The summed E-state index contributed by atoms with van der Waals surface area (Å²) in [5.41, 5.74) is 1.17. The third kappa shape index (κ3) is 6.10. The highest BCUT2D eigenvalue weighted by molar-refractivity contribution is 5.96. The van der Waals surface area contributed by atoms with Crippen LogP contribution in [0.2, 0.25) is 0 Å². The van der Waals surface area contributed by atoms with Gasteiger partial charge in [-0.1, -0.05) is 48.5 Å². The van der Waals surface area contributed by atoms with Gasteiger partial charge in [0.25, 0.3) is 5.91 Å². The lowest BCUT2D eigenvalue weighted by Crippen LogP contribution is -2.48. The Balaban J connectivity index is 1.82. The van der Waals surface area contributed by atoms with Crippen LogP contribution in [0.3, 0.4) is 0 Å². The summed E-state index contributed by atoms with van der Waals surface area (Å²) < 4.78 is 5.08. The van der Waals surface area contributed by atoms with Crippen molar-refractivity contribution in [3.8, 4) is 0 Å². The Hall–Kier alpha value is -3.15. The van der Waals surface area contributed by atoms with Crippen molar-refractivity contribution in [2.24, 2.45) is 0 Å². The van der Waals surface area contributed by atoms with Crippen molar-refractivity contribution in [3.63, 3.8) is 0 Å². The van der Waals surface area contributed by atoms with Crippen LogP contribution < -0.4 is 10.4 Å². The van der Waals surface area contributed by atoms with Gasteiger partial charge in [0.05, 0.1) is 12.0 Å². The van der Waals surface area contributed by atoms with E-state index in [2.05, 4.69) is 5.32 Å². The van der Waals surface area contributed by atoms with Crippen molar-refractivity contribution in [1.82, 2.24) is 5.32 Å². The predicted molar refractivity (Wildman–Crippen MR) is 88.2 cm³/mol. The standard InChI is InChI=1S/C19H19NO5/c21-17(25-13-14-7-3-1-4-8-14)12-11-16(19(23)24)20-18(22)15-9-5-2-6-10-15/h1-10,16H,11-13H2,(H,20,22)(H,23,24)/p-1/t16-/m0/s1. The summed E-state index contributed by atoms with van der Waals surface area (Å²) in [7, 11) is 0. The molecule has 6 nitrogen and oxygen atoms in total. The maximum absolute atomic E-state index is 12.0. The minimum Gasteiger partial charge on any atom is -0.548 e. The number of carboxylic acids is 1. The topological polar surface area (TPSA) is 95.5 Å². The average Bonchev–Trinajstić information content (AvgIpc) is 2.64. The molecule has 1 atom stereocenters. The minimum atomic E-state index is -1.44. The first-order valence-electron chi connectivity index (χ1n) is 7.82. The lowest BCUT2D eigenvalue weighted by molar-refractivity contribution is -0.308. The second kappa shape index (κ2) is 9.22. The molecule has 0 saturated carbocycles. The van der Waals surface area contributed by atoms with Crippen LogP contribution in [0.15, 0.2) is 60.7 Å². The Morgan fingerprint density at radius 3 is 2.16 bits per heavy atom. The second-order valence-electron chi connectivity index (χ2n) is 5.40. The molecule has 0 unspecified atom stereocenters. The fourth-order valence-corrected chi connectivity index (χ4v) is 2.15. The fraction of sp³-hybridized carbons (Fsp3) is 0.211. The Bertz CT molecular complexity index is 715. The molecule has 2 rings (SSSR count). The number of carboxylic acid groups (broad SMARTS) is 1. The van der Waals surface area contributed by atoms with Gasteiger partial charge in [0.15, 0.2) is 0 Å². The molecule has 0 heterocycles. The molecule has 1 amide bonds. The molecule has 0 radical (unpaired) electrons. The van der Waals surface area contributed by atoms with Crippen molar-refractivity contribution >= 4 is 17.8 Å². The quantitative estimate of drug-likeness (QED) is 0.725. The molecule has 0 spiro atoms. The summed E-state index contributed by atoms with van der Waals surface area (Å²) in [5.74, 6) is -2.52. The van der Waals surface area contributed by atoms with Gasteiger partial charge in [-0.15, -0.1) is 0 Å². The van der Waals surface area contributed by atoms with Crippen molar-refractivity contribution in [3.05, 3.63) is 71.8 Å². The van der Waals surface area contributed by atoms with Gasteiger partial charge in [0.1, 0.15) is 6.61 Å². The monoisotopic (exact) mass is 340 g/mol. The lowest BCUT2D eigenvalue weighted by atomic mass is 10.1. The van der Waals surface area contributed by atoms with Crippen molar-refractivity contribution < 1.29 is 24.2 Å². The van der Waals surface area contributed by atoms with Gasteiger partial charge in [-0.3, -0.25) is 9.59 Å². The summed E-state index contributed by atoms with van der Waals surface area (Å²) in [4.78, 5) is 34.9. The number of ether oxygens (including phenoxy) is 1. The first-order chi connectivity index (χ1) is 12.1. The second-order valence-corrected chi connectivity index (χ2v) is 5.40. The third-order valence-corrected chi connectivity index (χ3v) is 3.51. The Kier molecular flexibility index (Phi) is 6.71. The van der Waals surface area contributed by atoms with E-state index in [1.165, 1.54) is 0 Å². The highest BCUT2D eigenvalue weighted by Gasteiger charge is 2.17. The van der Waals surface area contributed by atoms with E-state index in [0.717, 1.165) is 5.56 Å². The molecule has 0 fully saturated rings. The SMILES string of the molecule is O=C(CC[C@H](NC(=O)c1ccccc1)C(=O)[O-])OCc1ccccc1. The van der Waals surface area contributed by atoms with Crippen molar-refractivity contribution in [2.75, 3.05) is 0 Å². The molecule has 1 N–H and O–H groups in total. The van der Waals surface area contributed by atoms with E-state index in [1.54, 1.807) is 30.3 Å². The van der Waals surface area contributed by atoms with E-state index < -0.39 is 23.9 Å². The van der Waals surface area contributed by atoms with Gasteiger partial charge in [-0.05, 0) is 24.1 Å². The van der Waals surface area contributed by atoms with Crippen molar-refractivity contribution in [2.45, 2.75) is 25.5 Å². The fourth-order valence-electron chi connectivity index (χ4n) is 2.15. The highest BCUT2D eigenvalue weighted by atomic mass is 16.5. The van der Waals surface area contributed by atoms with Gasteiger partial charge in [0.2, 0.25) is 0 Å². The number of amides is 1. The minimum absolute atomic E-state index is 0.103. The zero-order valence-corrected chi connectivity index (χ0v) is 13.5. The molecule has 0 saturated heterocycles. The molecule has 2 aromatic carbocycles. The van der Waals surface area contributed by atoms with E-state index in [9.17, 15) is 19.5 Å². The molecule has 0 aliphatic heterocycles. The van der Waals surface area contributed by atoms with E-state index in [0.29, 0.717) is 5.56 Å². The molecule has 6 heteroatoms. The van der Waals surface area contributed by atoms with E-state index in [-0.39, 0.29) is 19.4 Å². The number of aliphatic carboxylic acids is 1. The van der Waals surface area contributed by atoms with Gasteiger partial charge in [0, 0.05) is 12.0 Å². The normalized spacial score (nSPS) is 11.4. The maximum Gasteiger partial charge on any atom is 0.306 e. The van der Waals surface area contributed by atoms with Crippen LogP contribution >= 0.6 is 0 Å². The largest absolute Gasteiger partial charge is 0.548 e. The maximum atomic E-state index is 12.0. The number of hydrogen-bond acceptors (Lipinski definition) is 5. The summed E-state index contributed by atoms with van der Waals surface area (Å²) in [6.07, 6.45) is -0.241. The first kappa shape index (κ1) is 18.2. The van der Waals surface area contributed by atoms with Crippen molar-refractivity contribution in [1.29, 1.82) is 0 Å². The van der Waals surface area contributed by atoms with Gasteiger partial charge < -0.3 is 20.0 Å². The number of rotatable bonds is 8. The number of carbonyl (C=O) groups excluding carboxylic acids is 3. The molecule has 2 aromatic rings. The van der Waals surface area contributed by atoms with Crippen LogP contribution in [-0.2, 0) is 20.9 Å². The molecule has 0 aliphatic carbocycles. The summed E-state index contributed by atoms with van der Waals surface area (Å²) >= 11 is 0. The number of nitrogens with one attached hydrogen (secondary N) is 1. The zero-order valence-electron chi connectivity index (χ0n) is 13.5. The predicted octanol–water partition coefficient (Wildman–Crippen LogP) is 1.06. The number of hydrogen-bond donors (Lipinski definition) is 1. The van der Waals surface area contributed by atoms with Gasteiger partial charge >= 0.3 is 5.97 Å². The average molecular weight is 340 g/mol. The van der Waals surface area contributed by atoms with Crippen LogP contribution in [0, 0.1) is 0 Å². The van der Waals surface area contributed by atoms with Crippen LogP contribution in [0.1, 0.15) is 28.8 Å². The number of carbonyl (C=O) groups is 3. The molecule has 130 valence electrons. The van der Waals surface area contributed by atoms with Gasteiger partial charge in [-0.2, -0.15) is 0 Å². The van der Waals surface area contributed by atoms with Crippen LogP contribution in [0.25, 0.3) is 0 Å². The Morgan fingerprint density at radius 2 is 1.56 bits per heavy atom. The highest BCUT2D eigenvalue weighted by Crippen LogP contribution is 2.06. The molecule has 0 bridgehead atoms. The lowest BCUT2D eigenvalue weighted by Gasteiger charge is -2.19. The first-order valence-corrected chi connectivity index (χ1v) is 7.82. The Labute approximate surface area is 145 Å². The smallest absolute Gasteiger partial charge is 0.306 e. The van der Waals surface area contributed by atoms with E-state index >= 15 is 0 Å². The zero-order chi connectivity index (χ0) is 18.1. The van der Waals surface area contributed by atoms with Crippen LogP contribution in [-0.4, -0.2) is 23.9 Å². The number of esters is 1. The third-order valence-electron chi connectivity index (χ3n) is 3.51. The van der Waals surface area contributed by atoms with Crippen LogP contribution in [0.4, 0.5) is 0 Å². The Morgan fingerprint density at radius 1 is 0.960 bits per heavy atom. The van der Waals surface area contributed by atoms with E-state index in [1.807, 2.05) is 30.3 Å². The molecule has 0 aromatic heterocycles. The number of benzene rings is 2. The van der Waals surface area contributed by atoms with Crippen LogP contribution in [0.5, 0.6) is 0 Å². The summed E-state index contributed by atoms with van der Waals surface area (Å²) in [5, 5.41) is 13.5. The molecule has 25 heavy (non-hydrogen) atoms. The van der Waals surface area contributed by atoms with E-state index in [4.69, 9.17) is 4.74 Å². The summed E-state index contributed by atoms with van der Waals surface area (Å²) in [6.45, 7) is 0.117. The molecular weight excluding hydrogens is 322 g/mol.